The Labute approximate surface area is 395 Å². The van der Waals surface area contributed by atoms with Gasteiger partial charge in [0.15, 0.2) is 0 Å². The van der Waals surface area contributed by atoms with E-state index in [4.69, 9.17) is 0 Å². The topological polar surface area (TPSA) is 0 Å². The summed E-state index contributed by atoms with van der Waals surface area (Å²) in [6.45, 7) is 0. The molecule has 0 amide bonds. The van der Waals surface area contributed by atoms with Gasteiger partial charge in [-0.3, -0.25) is 0 Å². The van der Waals surface area contributed by atoms with Crippen LogP contribution in [0, 0.1) is 0 Å². The van der Waals surface area contributed by atoms with Crippen LogP contribution in [0.1, 0.15) is 44.5 Å². The average Bonchev–Trinajstić information content (AvgIpc) is 4.09. The van der Waals surface area contributed by atoms with Crippen LogP contribution in [0.4, 0.5) is 0 Å². The third-order valence-electron chi connectivity index (χ3n) is 16.5. The standard InChI is InChI=1S/C68H40/c1-3-19-45-43(17-1)55(41-33-35-53-51-25-9-15-31-63(51)67(65(53)37-41)59-27-11-5-21-47(59)48-22-6-12-28-60(48)67)39-58-46-20-4-2-18-44(46)56(40-57(45)58)42-34-36-54-52-26-10-16-32-64(52)68(66(54)38-42)61-29-13-7-23-49(61)50-24-8-14-30-62(50)68/h1-40H. The predicted octanol–water partition coefficient (Wildman–Crippen LogP) is 17.2. The maximum Gasteiger partial charge on any atom is 0.0725 e. The van der Waals surface area contributed by atoms with Crippen molar-refractivity contribution in [1.29, 1.82) is 0 Å². The van der Waals surface area contributed by atoms with Crippen LogP contribution in [0.25, 0.3) is 99.1 Å². The summed E-state index contributed by atoms with van der Waals surface area (Å²) in [4.78, 5) is 0. The zero-order valence-corrected chi connectivity index (χ0v) is 37.1. The fraction of sp³-hybridized carbons (Fsp3) is 0.0294. The lowest BCUT2D eigenvalue weighted by atomic mass is 9.70. The maximum absolute atomic E-state index is 2.54. The molecule has 0 nitrogen and oxygen atoms in total. The predicted molar refractivity (Wildman–Crippen MR) is 282 cm³/mol. The van der Waals surface area contributed by atoms with E-state index in [0.717, 1.165) is 0 Å². The van der Waals surface area contributed by atoms with Crippen LogP contribution in [0.5, 0.6) is 0 Å². The molecule has 0 heteroatoms. The lowest BCUT2D eigenvalue weighted by Crippen LogP contribution is -2.25. The monoisotopic (exact) mass is 856 g/mol. The Morgan fingerprint density at radius 3 is 0.721 bits per heavy atom. The number of hydrogen-bond acceptors (Lipinski definition) is 0. The Morgan fingerprint density at radius 2 is 0.412 bits per heavy atom. The first-order valence-corrected chi connectivity index (χ1v) is 24.0. The molecule has 312 valence electrons. The molecule has 12 aromatic carbocycles. The second-order valence-corrected chi connectivity index (χ2v) is 19.3. The van der Waals surface area contributed by atoms with Crippen LogP contribution in [0.3, 0.4) is 0 Å². The fourth-order valence-corrected chi connectivity index (χ4v) is 14.0. The van der Waals surface area contributed by atoms with Crippen molar-refractivity contribution in [3.63, 3.8) is 0 Å². The molecule has 0 aliphatic heterocycles. The van der Waals surface area contributed by atoms with Crippen LogP contribution < -0.4 is 0 Å². The van der Waals surface area contributed by atoms with Crippen molar-refractivity contribution in [3.05, 3.63) is 287 Å². The SMILES string of the molecule is c1ccc2c(c1)-c1ccccc1C21c2ccccc2-c2ccc(-c3cc4c5ccccc5c(-c5ccc6c(c5)C5(c7ccccc7-c7ccccc75)c5ccccc5-6)cc4c4ccccc34)cc21. The van der Waals surface area contributed by atoms with Gasteiger partial charge in [0.1, 0.15) is 0 Å². The van der Waals surface area contributed by atoms with Gasteiger partial charge < -0.3 is 0 Å². The fourth-order valence-electron chi connectivity index (χ4n) is 14.0. The van der Waals surface area contributed by atoms with E-state index in [1.807, 2.05) is 0 Å². The summed E-state index contributed by atoms with van der Waals surface area (Å²) >= 11 is 0. The van der Waals surface area contributed by atoms with E-state index >= 15 is 0 Å². The average molecular weight is 857 g/mol. The van der Waals surface area contributed by atoms with Crippen LogP contribution in [0.2, 0.25) is 0 Å². The molecule has 68 heavy (non-hydrogen) atoms. The number of benzene rings is 12. The van der Waals surface area contributed by atoms with Crippen molar-refractivity contribution in [3.8, 4) is 66.8 Å². The molecule has 16 rings (SSSR count). The van der Waals surface area contributed by atoms with Crippen molar-refractivity contribution < 1.29 is 0 Å². The number of fused-ring (bicyclic) bond motifs is 25. The van der Waals surface area contributed by atoms with Gasteiger partial charge >= 0.3 is 0 Å². The molecule has 0 aromatic heterocycles. The summed E-state index contributed by atoms with van der Waals surface area (Å²) in [6.07, 6.45) is 0. The molecule has 0 N–H and O–H groups in total. The first-order valence-electron chi connectivity index (χ1n) is 24.0. The molecule has 2 spiro atoms. The molecule has 0 unspecified atom stereocenters. The van der Waals surface area contributed by atoms with E-state index < -0.39 is 10.8 Å². The lowest BCUT2D eigenvalue weighted by molar-refractivity contribution is 0.794. The molecular formula is C68H40. The van der Waals surface area contributed by atoms with Gasteiger partial charge in [0.25, 0.3) is 0 Å². The maximum atomic E-state index is 2.54. The third kappa shape index (κ3) is 4.33. The number of rotatable bonds is 2. The van der Waals surface area contributed by atoms with E-state index in [0.29, 0.717) is 0 Å². The summed E-state index contributed by atoms with van der Waals surface area (Å²) in [5.41, 5.74) is 25.7. The van der Waals surface area contributed by atoms with Crippen molar-refractivity contribution in [1.82, 2.24) is 0 Å². The molecule has 12 aromatic rings. The molecule has 0 radical (unpaired) electrons. The molecule has 4 aliphatic rings. The van der Waals surface area contributed by atoms with Gasteiger partial charge in [0.05, 0.1) is 10.8 Å². The first kappa shape index (κ1) is 36.6. The van der Waals surface area contributed by atoms with Gasteiger partial charge in [-0.2, -0.15) is 0 Å². The number of hydrogen-bond donors (Lipinski definition) is 0. The Morgan fingerprint density at radius 1 is 0.162 bits per heavy atom. The van der Waals surface area contributed by atoms with E-state index in [9.17, 15) is 0 Å². The summed E-state index contributed by atoms with van der Waals surface area (Å²) in [5, 5.41) is 7.62. The minimum Gasteiger partial charge on any atom is -0.0619 e. The highest BCUT2D eigenvalue weighted by Crippen LogP contribution is 2.65. The van der Waals surface area contributed by atoms with Crippen molar-refractivity contribution in [2.75, 3.05) is 0 Å². The molecule has 0 fully saturated rings. The molecular weight excluding hydrogens is 817 g/mol. The van der Waals surface area contributed by atoms with E-state index in [1.54, 1.807) is 0 Å². The Hall–Kier alpha value is -8.58. The highest BCUT2D eigenvalue weighted by molar-refractivity contribution is 6.24. The summed E-state index contributed by atoms with van der Waals surface area (Å²) in [7, 11) is 0. The largest absolute Gasteiger partial charge is 0.0725 e. The Kier molecular flexibility index (Phi) is 7.04. The zero-order valence-electron chi connectivity index (χ0n) is 37.1. The smallest absolute Gasteiger partial charge is 0.0619 e. The zero-order chi connectivity index (χ0) is 44.3. The van der Waals surface area contributed by atoms with Crippen molar-refractivity contribution >= 4 is 32.3 Å². The van der Waals surface area contributed by atoms with Crippen molar-refractivity contribution in [2.24, 2.45) is 0 Å². The summed E-state index contributed by atoms with van der Waals surface area (Å²) in [5.74, 6) is 0. The molecule has 0 bridgehead atoms. The van der Waals surface area contributed by atoms with Gasteiger partial charge in [0, 0.05) is 0 Å². The Bertz CT molecular complexity index is 3820. The first-order chi connectivity index (χ1) is 33.7. The summed E-state index contributed by atoms with van der Waals surface area (Å²) < 4.78 is 0. The molecule has 4 aliphatic carbocycles. The summed E-state index contributed by atoms with van der Waals surface area (Å²) in [6, 6.07) is 92.5. The van der Waals surface area contributed by atoms with Crippen LogP contribution in [-0.2, 0) is 10.8 Å². The van der Waals surface area contributed by atoms with Gasteiger partial charge in [-0.1, -0.05) is 218 Å². The molecule has 0 heterocycles. The van der Waals surface area contributed by atoms with Gasteiger partial charge in [-0.15, -0.1) is 0 Å². The second-order valence-electron chi connectivity index (χ2n) is 19.3. The van der Waals surface area contributed by atoms with E-state index in [-0.39, 0.29) is 0 Å². The molecule has 0 saturated carbocycles. The molecule has 0 atom stereocenters. The normalized spacial score (nSPS) is 14.4. The third-order valence-corrected chi connectivity index (χ3v) is 16.5. The highest BCUT2D eigenvalue weighted by atomic mass is 14.5. The van der Waals surface area contributed by atoms with Crippen molar-refractivity contribution in [2.45, 2.75) is 10.8 Å². The van der Waals surface area contributed by atoms with Gasteiger partial charge in [-0.25, -0.2) is 0 Å². The van der Waals surface area contributed by atoms with Crippen LogP contribution >= 0.6 is 0 Å². The van der Waals surface area contributed by atoms with Gasteiger partial charge in [-0.05, 0) is 168 Å². The molecule has 0 saturated heterocycles. The highest BCUT2D eigenvalue weighted by Gasteiger charge is 2.53. The lowest BCUT2D eigenvalue weighted by Gasteiger charge is -2.31. The Balaban J connectivity index is 0.934. The second kappa shape index (κ2) is 13.1. The van der Waals surface area contributed by atoms with Gasteiger partial charge in [0.2, 0.25) is 0 Å². The van der Waals surface area contributed by atoms with E-state index in [1.165, 1.54) is 144 Å². The van der Waals surface area contributed by atoms with E-state index in [2.05, 4.69) is 243 Å². The quantitative estimate of drug-likeness (QED) is 0.152. The van der Waals surface area contributed by atoms with Crippen LogP contribution in [0.15, 0.2) is 243 Å². The minimum absolute atomic E-state index is 0.401. The van der Waals surface area contributed by atoms with Crippen LogP contribution in [-0.4, -0.2) is 0 Å². The minimum atomic E-state index is -0.401.